The molecule has 9 heteroatoms. The van der Waals surface area contributed by atoms with Gasteiger partial charge in [0, 0.05) is 35.1 Å². The molecule has 32 heavy (non-hydrogen) atoms. The second-order valence-corrected chi connectivity index (χ2v) is 10.1. The van der Waals surface area contributed by atoms with Crippen LogP contribution >= 0.6 is 0 Å². The molecule has 1 saturated carbocycles. The van der Waals surface area contributed by atoms with Crippen LogP contribution in [0, 0.1) is 11.7 Å². The van der Waals surface area contributed by atoms with E-state index in [-0.39, 0.29) is 34.5 Å². The number of nitrogens with one attached hydrogen (secondary N) is 2. The van der Waals surface area contributed by atoms with Crippen LogP contribution in [-0.2, 0) is 10.0 Å². The van der Waals surface area contributed by atoms with E-state index in [0.29, 0.717) is 11.0 Å². The molecule has 7 nitrogen and oxygen atoms in total. The van der Waals surface area contributed by atoms with Gasteiger partial charge in [-0.05, 0) is 49.5 Å². The maximum atomic E-state index is 15.2. The van der Waals surface area contributed by atoms with Gasteiger partial charge >= 0.3 is 0 Å². The van der Waals surface area contributed by atoms with Gasteiger partial charge in [0.2, 0.25) is 10.0 Å². The summed E-state index contributed by atoms with van der Waals surface area (Å²) >= 11 is 0. The predicted molar refractivity (Wildman–Crippen MR) is 122 cm³/mol. The Morgan fingerprint density at radius 3 is 2.81 bits per heavy atom. The Morgan fingerprint density at radius 1 is 1.28 bits per heavy atom. The summed E-state index contributed by atoms with van der Waals surface area (Å²) in [7, 11) is -3.68. The van der Waals surface area contributed by atoms with Crippen LogP contribution < -0.4 is 4.72 Å². The third-order valence-corrected chi connectivity index (χ3v) is 7.08. The molecule has 5 rings (SSSR count). The molecule has 0 saturated heterocycles. The highest BCUT2D eigenvalue weighted by molar-refractivity contribution is 7.92. The lowest BCUT2D eigenvalue weighted by atomic mass is 10.0. The van der Waals surface area contributed by atoms with Gasteiger partial charge in [-0.25, -0.2) is 17.8 Å². The van der Waals surface area contributed by atoms with Gasteiger partial charge < -0.3 is 4.98 Å². The maximum Gasteiger partial charge on any atom is 0.233 e. The molecular formula is C23H21FN4O3S. The average molecular weight is 453 g/mol. The first-order chi connectivity index (χ1) is 15.3. The number of carbonyl (C=O) groups excluding carboxylic acids is 1. The highest BCUT2D eigenvalue weighted by Gasteiger charge is 2.29. The molecule has 0 spiro atoms. The topological polar surface area (TPSA) is 104 Å². The van der Waals surface area contributed by atoms with Crippen molar-refractivity contribution >= 4 is 44.3 Å². The first kappa shape index (κ1) is 20.6. The van der Waals surface area contributed by atoms with Crippen LogP contribution in [0.25, 0.3) is 16.6 Å². The van der Waals surface area contributed by atoms with Gasteiger partial charge in [0.1, 0.15) is 5.65 Å². The quantitative estimate of drug-likeness (QED) is 0.530. The number of aromatic nitrogens is 2. The van der Waals surface area contributed by atoms with Gasteiger partial charge in [-0.3, -0.25) is 14.5 Å². The van der Waals surface area contributed by atoms with E-state index < -0.39 is 21.6 Å². The summed E-state index contributed by atoms with van der Waals surface area (Å²) in [4.78, 5) is 24.9. The molecule has 1 fully saturated rings. The molecule has 0 bridgehead atoms. The minimum atomic E-state index is -3.68. The van der Waals surface area contributed by atoms with E-state index in [0.717, 1.165) is 24.0 Å². The Kier molecular flexibility index (Phi) is 4.93. The van der Waals surface area contributed by atoms with Crippen LogP contribution in [0.5, 0.6) is 0 Å². The number of aliphatic imine (C=N–C) groups is 1. The second kappa shape index (κ2) is 7.67. The first-order valence-corrected chi connectivity index (χ1v) is 12.0. The Bertz CT molecular complexity index is 1400. The number of pyridine rings is 1. The zero-order chi connectivity index (χ0) is 22.5. The zero-order valence-electron chi connectivity index (χ0n) is 17.3. The molecule has 1 aliphatic carbocycles. The third-order valence-electron chi connectivity index (χ3n) is 5.64. The van der Waals surface area contributed by atoms with Gasteiger partial charge in [-0.2, -0.15) is 0 Å². The Balaban J connectivity index is 1.49. The summed E-state index contributed by atoms with van der Waals surface area (Å²) in [5, 5.41) is 0.556. The molecule has 0 amide bonds. The van der Waals surface area contributed by atoms with Crippen LogP contribution in [0.4, 0.5) is 10.1 Å². The summed E-state index contributed by atoms with van der Waals surface area (Å²) in [6, 6.07) is 6.03. The summed E-state index contributed by atoms with van der Waals surface area (Å²) in [5.74, 6) is -1.37. The molecule has 3 aromatic rings. The number of benzene rings is 1. The van der Waals surface area contributed by atoms with E-state index in [1.807, 2.05) is 19.1 Å². The van der Waals surface area contributed by atoms with E-state index in [1.54, 1.807) is 12.4 Å². The Morgan fingerprint density at radius 2 is 2.09 bits per heavy atom. The van der Waals surface area contributed by atoms with Crippen molar-refractivity contribution in [2.24, 2.45) is 10.9 Å². The van der Waals surface area contributed by atoms with Crippen molar-refractivity contribution in [2.75, 3.05) is 10.5 Å². The summed E-state index contributed by atoms with van der Waals surface area (Å²) in [6.45, 7) is 1.97. The van der Waals surface area contributed by atoms with Crippen molar-refractivity contribution < 1.29 is 17.6 Å². The van der Waals surface area contributed by atoms with Crippen LogP contribution in [-0.4, -0.2) is 42.2 Å². The number of aromatic amines is 1. The molecule has 1 aromatic carbocycles. The molecule has 3 heterocycles. The van der Waals surface area contributed by atoms with Crippen molar-refractivity contribution in [3.63, 3.8) is 0 Å². The van der Waals surface area contributed by atoms with Crippen molar-refractivity contribution in [2.45, 2.75) is 25.8 Å². The largest absolute Gasteiger partial charge is 0.345 e. The van der Waals surface area contributed by atoms with Crippen LogP contribution in [0.1, 0.15) is 41.3 Å². The summed E-state index contributed by atoms with van der Waals surface area (Å²) in [5.41, 5.74) is 2.04. The number of hydrogen-bond acceptors (Lipinski definition) is 5. The zero-order valence-corrected chi connectivity index (χ0v) is 18.1. The third kappa shape index (κ3) is 3.95. The highest BCUT2D eigenvalue weighted by atomic mass is 32.2. The van der Waals surface area contributed by atoms with Gasteiger partial charge in [0.25, 0.3) is 0 Å². The first-order valence-electron chi connectivity index (χ1n) is 10.4. The number of H-pyrrole nitrogens is 1. The number of carbonyl (C=O) groups is 1. The fraction of sp³-hybridized carbons (Fsp3) is 0.261. The number of ketones is 1. The molecule has 2 aromatic heterocycles. The SMILES string of the molecule is CC1C=C(c2cnc3[nH]cc(C(=O)c4cccc(NS(=O)(=O)CC5CC5)c4F)c3c2)C=N1. The van der Waals surface area contributed by atoms with Crippen LogP contribution in [0.2, 0.25) is 0 Å². The fourth-order valence-corrected chi connectivity index (χ4v) is 5.33. The summed E-state index contributed by atoms with van der Waals surface area (Å²) < 4.78 is 42.0. The monoisotopic (exact) mass is 452 g/mol. The number of hydrogen-bond donors (Lipinski definition) is 2. The Labute approximate surface area is 184 Å². The van der Waals surface area contributed by atoms with Crippen LogP contribution in [0.15, 0.2) is 47.7 Å². The number of fused-ring (bicyclic) bond motifs is 1. The predicted octanol–water partition coefficient (Wildman–Crippen LogP) is 3.94. The van der Waals surface area contributed by atoms with E-state index in [2.05, 4.69) is 19.7 Å². The molecule has 2 aliphatic rings. The van der Waals surface area contributed by atoms with E-state index in [1.165, 1.54) is 24.4 Å². The standard InChI is InChI=1S/C23H21FN4O3S/c1-13-7-15(9-25-13)16-8-18-19(11-27-23(18)26-10-16)22(29)17-3-2-4-20(21(17)24)28-32(30,31)12-14-5-6-14/h2-4,7-11,13-14,28H,5-6,12H2,1H3,(H,26,27). The van der Waals surface area contributed by atoms with E-state index >= 15 is 4.39 Å². The molecule has 164 valence electrons. The molecular weight excluding hydrogens is 431 g/mol. The second-order valence-electron chi connectivity index (χ2n) is 8.29. The number of sulfonamides is 1. The number of nitrogens with zero attached hydrogens (tertiary/aromatic N) is 2. The van der Waals surface area contributed by atoms with Crippen LogP contribution in [0.3, 0.4) is 0 Å². The minimum absolute atomic E-state index is 0.0424. The van der Waals surface area contributed by atoms with E-state index in [4.69, 9.17) is 0 Å². The number of halogens is 1. The molecule has 1 aliphatic heterocycles. The lowest BCUT2D eigenvalue weighted by molar-refractivity contribution is 0.103. The molecule has 2 N–H and O–H groups in total. The van der Waals surface area contributed by atoms with Crippen molar-refractivity contribution in [1.82, 2.24) is 9.97 Å². The fourth-order valence-electron chi connectivity index (χ4n) is 3.80. The van der Waals surface area contributed by atoms with Gasteiger partial charge in [0.15, 0.2) is 11.6 Å². The number of allylic oxidation sites excluding steroid dienone is 1. The van der Waals surface area contributed by atoms with Crippen molar-refractivity contribution in [3.8, 4) is 0 Å². The van der Waals surface area contributed by atoms with Gasteiger partial charge in [0.05, 0.1) is 23.0 Å². The lowest BCUT2D eigenvalue weighted by Gasteiger charge is -2.11. The normalized spacial score (nSPS) is 18.2. The molecule has 0 radical (unpaired) electrons. The molecule has 1 atom stereocenters. The average Bonchev–Trinajstić information content (AvgIpc) is 3.28. The Hall–Kier alpha value is -3.33. The number of anilines is 1. The van der Waals surface area contributed by atoms with Gasteiger partial charge in [-0.1, -0.05) is 12.1 Å². The van der Waals surface area contributed by atoms with Crippen molar-refractivity contribution in [3.05, 3.63) is 65.2 Å². The maximum absolute atomic E-state index is 15.2. The van der Waals surface area contributed by atoms with Gasteiger partial charge in [-0.15, -0.1) is 0 Å². The smallest absolute Gasteiger partial charge is 0.233 e. The summed E-state index contributed by atoms with van der Waals surface area (Å²) in [6.07, 6.45) is 8.67. The molecule has 1 unspecified atom stereocenters. The number of rotatable bonds is 7. The minimum Gasteiger partial charge on any atom is -0.345 e. The van der Waals surface area contributed by atoms with E-state index in [9.17, 15) is 13.2 Å². The highest BCUT2D eigenvalue weighted by Crippen LogP contribution is 2.32. The lowest BCUT2D eigenvalue weighted by Crippen LogP contribution is -2.19. The van der Waals surface area contributed by atoms with Crippen molar-refractivity contribution in [1.29, 1.82) is 0 Å².